The molecule has 1 heterocycles. The zero-order valence-electron chi connectivity index (χ0n) is 10.9. The first-order valence-corrected chi connectivity index (χ1v) is 6.75. The molecule has 2 rings (SSSR count). The fourth-order valence-corrected chi connectivity index (χ4v) is 2.70. The van der Waals surface area contributed by atoms with Crippen LogP contribution in [0.5, 0.6) is 6.01 Å². The van der Waals surface area contributed by atoms with Crippen LogP contribution in [0.4, 0.5) is 5.95 Å². The largest absolute Gasteiger partial charge is 0.467 e. The van der Waals surface area contributed by atoms with E-state index in [1.807, 2.05) is 0 Å². The van der Waals surface area contributed by atoms with Crippen molar-refractivity contribution in [2.45, 2.75) is 39.0 Å². The van der Waals surface area contributed by atoms with Crippen LogP contribution in [0.2, 0.25) is 5.28 Å². The van der Waals surface area contributed by atoms with E-state index in [1.165, 1.54) is 39.2 Å². The Balaban J connectivity index is 2.03. The van der Waals surface area contributed by atoms with Gasteiger partial charge in [-0.1, -0.05) is 19.8 Å². The van der Waals surface area contributed by atoms with E-state index in [0.717, 1.165) is 6.54 Å². The Bertz CT molecular complexity index is 407. The molecule has 0 bridgehead atoms. The normalized spacial score (nSPS) is 17.7. The van der Waals surface area contributed by atoms with Gasteiger partial charge in [0.2, 0.25) is 11.2 Å². The summed E-state index contributed by atoms with van der Waals surface area (Å²) in [6, 6.07) is 0.245. The summed E-state index contributed by atoms with van der Waals surface area (Å²) in [7, 11) is 1.51. The van der Waals surface area contributed by atoms with Gasteiger partial charge < -0.3 is 10.1 Å². The first-order chi connectivity index (χ1) is 8.67. The van der Waals surface area contributed by atoms with Crippen molar-refractivity contribution < 1.29 is 4.74 Å². The molecule has 6 heteroatoms. The van der Waals surface area contributed by atoms with Gasteiger partial charge in [0.05, 0.1) is 7.11 Å². The number of ether oxygens (including phenoxy) is 1. The summed E-state index contributed by atoms with van der Waals surface area (Å²) >= 11 is 5.81. The molecule has 100 valence electrons. The second kappa shape index (κ2) is 5.69. The quantitative estimate of drug-likeness (QED) is 0.891. The summed E-state index contributed by atoms with van der Waals surface area (Å²) in [5, 5.41) is 3.42. The van der Waals surface area contributed by atoms with E-state index in [2.05, 4.69) is 27.2 Å². The molecule has 0 spiro atoms. The van der Waals surface area contributed by atoms with Crippen molar-refractivity contribution >= 4 is 17.5 Å². The number of aromatic nitrogens is 3. The van der Waals surface area contributed by atoms with E-state index in [-0.39, 0.29) is 11.3 Å². The Labute approximate surface area is 112 Å². The Kier molecular flexibility index (Phi) is 4.22. The molecule has 0 radical (unpaired) electrons. The van der Waals surface area contributed by atoms with E-state index < -0.39 is 0 Å². The van der Waals surface area contributed by atoms with Crippen LogP contribution in [0.25, 0.3) is 0 Å². The summed E-state index contributed by atoms with van der Waals surface area (Å²) in [5.74, 6) is 0.492. The molecule has 0 atom stereocenters. The van der Waals surface area contributed by atoms with Crippen LogP contribution in [-0.4, -0.2) is 28.6 Å². The predicted molar refractivity (Wildman–Crippen MR) is 71.1 cm³/mol. The summed E-state index contributed by atoms with van der Waals surface area (Å²) in [5.41, 5.74) is 0.381. The highest BCUT2D eigenvalue weighted by atomic mass is 35.5. The van der Waals surface area contributed by atoms with Gasteiger partial charge >= 0.3 is 6.01 Å². The molecule has 1 saturated carbocycles. The zero-order valence-corrected chi connectivity index (χ0v) is 11.6. The fraction of sp³-hybridized carbons (Fsp3) is 0.750. The van der Waals surface area contributed by atoms with Crippen molar-refractivity contribution in [2.24, 2.45) is 5.41 Å². The average molecular weight is 271 g/mol. The molecule has 0 saturated heterocycles. The second-order valence-electron chi connectivity index (χ2n) is 4.83. The number of halogens is 1. The van der Waals surface area contributed by atoms with Crippen LogP contribution < -0.4 is 10.1 Å². The molecule has 0 aromatic carbocycles. The molecule has 1 aliphatic rings. The third-order valence-electron chi connectivity index (χ3n) is 3.81. The van der Waals surface area contributed by atoms with Crippen LogP contribution in [0.1, 0.15) is 39.0 Å². The van der Waals surface area contributed by atoms with E-state index >= 15 is 0 Å². The van der Waals surface area contributed by atoms with Crippen molar-refractivity contribution in [3.05, 3.63) is 5.28 Å². The lowest BCUT2D eigenvalue weighted by molar-refractivity contribution is 0.305. The lowest BCUT2D eigenvalue weighted by Gasteiger charge is -2.27. The van der Waals surface area contributed by atoms with Crippen molar-refractivity contribution in [3.63, 3.8) is 0 Å². The number of anilines is 1. The molecule has 0 aliphatic heterocycles. The summed E-state index contributed by atoms with van der Waals surface area (Å²) in [6.45, 7) is 3.13. The Hall–Kier alpha value is -1.10. The molecule has 5 nitrogen and oxygen atoms in total. The highest BCUT2D eigenvalue weighted by molar-refractivity contribution is 6.28. The third-order valence-corrected chi connectivity index (χ3v) is 3.97. The Morgan fingerprint density at radius 2 is 2.00 bits per heavy atom. The number of rotatable bonds is 5. The third kappa shape index (κ3) is 3.02. The zero-order chi connectivity index (χ0) is 13.0. The molecule has 1 aromatic heterocycles. The lowest BCUT2D eigenvalue weighted by atomic mass is 9.83. The smallest absolute Gasteiger partial charge is 0.322 e. The molecule has 18 heavy (non-hydrogen) atoms. The van der Waals surface area contributed by atoms with Crippen molar-refractivity contribution in [2.75, 3.05) is 19.0 Å². The summed E-state index contributed by atoms with van der Waals surface area (Å²) in [6.07, 6.45) is 6.35. The fourth-order valence-electron chi connectivity index (χ4n) is 2.55. The number of nitrogens with zero attached hydrogens (tertiary/aromatic N) is 3. The number of methoxy groups -OCH3 is 1. The van der Waals surface area contributed by atoms with Gasteiger partial charge in [0, 0.05) is 6.54 Å². The number of nitrogens with one attached hydrogen (secondary N) is 1. The minimum absolute atomic E-state index is 0.154. The maximum absolute atomic E-state index is 5.81. The standard InChI is InChI=1S/C12H19ClN4O/c1-3-12(6-4-5-7-12)8-14-10-15-9(13)16-11(17-10)18-2/h3-8H2,1-2H3,(H,14,15,16,17). The van der Waals surface area contributed by atoms with Gasteiger partial charge in [-0.25, -0.2) is 0 Å². The average Bonchev–Trinajstić information content (AvgIpc) is 2.85. The SMILES string of the molecule is CCC1(CNc2nc(Cl)nc(OC)n2)CCCC1. The highest BCUT2D eigenvalue weighted by Gasteiger charge is 2.31. The van der Waals surface area contributed by atoms with Gasteiger partial charge in [-0.15, -0.1) is 0 Å². The maximum Gasteiger partial charge on any atom is 0.322 e. The van der Waals surface area contributed by atoms with E-state index in [0.29, 0.717) is 11.4 Å². The van der Waals surface area contributed by atoms with Crippen LogP contribution in [0.3, 0.4) is 0 Å². The molecule has 1 aliphatic carbocycles. The van der Waals surface area contributed by atoms with Gasteiger partial charge in [0.15, 0.2) is 0 Å². The minimum Gasteiger partial charge on any atom is -0.467 e. The predicted octanol–water partition coefficient (Wildman–Crippen LogP) is 2.92. The highest BCUT2D eigenvalue weighted by Crippen LogP contribution is 2.40. The van der Waals surface area contributed by atoms with Gasteiger partial charge in [-0.3, -0.25) is 0 Å². The van der Waals surface area contributed by atoms with Gasteiger partial charge in [-0.2, -0.15) is 15.0 Å². The molecule has 1 aromatic rings. The van der Waals surface area contributed by atoms with Gasteiger partial charge in [0.1, 0.15) is 0 Å². The molecule has 1 fully saturated rings. The molecular formula is C12H19ClN4O. The summed E-state index contributed by atoms with van der Waals surface area (Å²) < 4.78 is 4.97. The molecular weight excluding hydrogens is 252 g/mol. The summed E-state index contributed by atoms with van der Waals surface area (Å²) in [4.78, 5) is 12.0. The van der Waals surface area contributed by atoms with Gasteiger partial charge in [0.25, 0.3) is 0 Å². The second-order valence-corrected chi connectivity index (χ2v) is 5.17. The number of hydrogen-bond acceptors (Lipinski definition) is 5. The molecule has 1 N–H and O–H groups in total. The van der Waals surface area contributed by atoms with E-state index in [4.69, 9.17) is 16.3 Å². The Morgan fingerprint density at radius 1 is 1.28 bits per heavy atom. The minimum atomic E-state index is 0.154. The first-order valence-electron chi connectivity index (χ1n) is 6.37. The van der Waals surface area contributed by atoms with Crippen molar-refractivity contribution in [3.8, 4) is 6.01 Å². The topological polar surface area (TPSA) is 59.9 Å². The van der Waals surface area contributed by atoms with Crippen LogP contribution in [-0.2, 0) is 0 Å². The van der Waals surface area contributed by atoms with Crippen molar-refractivity contribution in [1.29, 1.82) is 0 Å². The van der Waals surface area contributed by atoms with Gasteiger partial charge in [-0.05, 0) is 36.3 Å². The molecule has 0 amide bonds. The van der Waals surface area contributed by atoms with E-state index in [9.17, 15) is 0 Å². The van der Waals surface area contributed by atoms with Crippen LogP contribution in [0, 0.1) is 5.41 Å². The Morgan fingerprint density at radius 3 is 2.61 bits per heavy atom. The van der Waals surface area contributed by atoms with Crippen LogP contribution in [0.15, 0.2) is 0 Å². The number of hydrogen-bond donors (Lipinski definition) is 1. The van der Waals surface area contributed by atoms with Crippen LogP contribution >= 0.6 is 11.6 Å². The molecule has 0 unspecified atom stereocenters. The van der Waals surface area contributed by atoms with E-state index in [1.54, 1.807) is 0 Å². The maximum atomic E-state index is 5.81. The van der Waals surface area contributed by atoms with Crippen molar-refractivity contribution in [1.82, 2.24) is 15.0 Å². The first kappa shape index (κ1) is 13.3. The lowest BCUT2D eigenvalue weighted by Crippen LogP contribution is -2.26. The monoisotopic (exact) mass is 270 g/mol.